The maximum Gasteiger partial charge on any atom is 0.471 e. The average Bonchev–Trinajstić information content (AvgIpc) is 3.05. The number of carbonyl (C=O) groups excluding carboxylic acids is 1. The molecule has 0 N–H and O–H groups in total. The van der Waals surface area contributed by atoms with Gasteiger partial charge in [0.05, 0.1) is 0 Å². The smallest absolute Gasteiger partial charge is 0.436 e. The molecule has 1 aromatic heterocycles. The lowest BCUT2D eigenvalue weighted by Gasteiger charge is -2.21. The fraction of sp³-hybridized carbons (Fsp3) is 0.300. The lowest BCUT2D eigenvalue weighted by atomic mass is 10.0. The third kappa shape index (κ3) is 3.82. The molecule has 0 spiro atoms. The normalized spacial score (nSPS) is 12.0. The van der Waals surface area contributed by atoms with Crippen LogP contribution in [0.5, 0.6) is 0 Å². The van der Waals surface area contributed by atoms with Crippen LogP contribution in [0.4, 0.5) is 18.9 Å². The number of hydrogen-bond donors (Lipinski definition) is 0. The molecule has 7 heteroatoms. The van der Waals surface area contributed by atoms with Gasteiger partial charge in [0.2, 0.25) is 5.89 Å². The van der Waals surface area contributed by atoms with Crippen molar-refractivity contribution in [2.24, 2.45) is 0 Å². The molecule has 142 valence electrons. The van der Waals surface area contributed by atoms with E-state index in [-0.39, 0.29) is 12.2 Å². The largest absolute Gasteiger partial charge is 0.471 e. The van der Waals surface area contributed by atoms with E-state index in [0.717, 1.165) is 5.56 Å². The van der Waals surface area contributed by atoms with Crippen molar-refractivity contribution >= 4 is 22.7 Å². The van der Waals surface area contributed by atoms with Crippen LogP contribution in [-0.2, 0) is 4.79 Å². The Morgan fingerprint density at radius 3 is 2.37 bits per heavy atom. The molecule has 0 saturated carbocycles. The lowest BCUT2D eigenvalue weighted by Crippen LogP contribution is -2.41. The predicted octanol–water partition coefficient (Wildman–Crippen LogP) is 5.53. The molecule has 0 bridgehead atoms. The fourth-order valence-electron chi connectivity index (χ4n) is 2.81. The average molecular weight is 376 g/mol. The van der Waals surface area contributed by atoms with Crippen LogP contribution in [0.25, 0.3) is 22.6 Å². The van der Waals surface area contributed by atoms with E-state index < -0.39 is 12.1 Å². The highest BCUT2D eigenvalue weighted by Crippen LogP contribution is 2.30. The van der Waals surface area contributed by atoms with Gasteiger partial charge in [-0.3, -0.25) is 4.79 Å². The van der Waals surface area contributed by atoms with Gasteiger partial charge in [0, 0.05) is 23.9 Å². The number of alkyl halides is 3. The van der Waals surface area contributed by atoms with Crippen molar-refractivity contribution < 1.29 is 22.4 Å². The van der Waals surface area contributed by atoms with Gasteiger partial charge >= 0.3 is 12.1 Å². The number of fused-ring (bicyclic) bond motifs is 1. The van der Waals surface area contributed by atoms with Crippen LogP contribution < -0.4 is 4.90 Å². The molecule has 0 fully saturated rings. The van der Waals surface area contributed by atoms with Crippen LogP contribution in [0, 0.1) is 0 Å². The van der Waals surface area contributed by atoms with Gasteiger partial charge in [-0.1, -0.05) is 26.0 Å². The summed E-state index contributed by atoms with van der Waals surface area (Å²) in [5.41, 5.74) is 2.91. The maximum absolute atomic E-state index is 12.8. The molecule has 0 atom stereocenters. The summed E-state index contributed by atoms with van der Waals surface area (Å²) >= 11 is 0. The Balaban J connectivity index is 1.96. The van der Waals surface area contributed by atoms with Gasteiger partial charge in [0.15, 0.2) is 5.58 Å². The van der Waals surface area contributed by atoms with Gasteiger partial charge in [0.1, 0.15) is 5.52 Å². The zero-order valence-corrected chi connectivity index (χ0v) is 15.2. The molecule has 2 aromatic carbocycles. The molecule has 0 aliphatic carbocycles. The molecule has 4 nitrogen and oxygen atoms in total. The van der Waals surface area contributed by atoms with Gasteiger partial charge in [-0.05, 0) is 42.7 Å². The summed E-state index contributed by atoms with van der Waals surface area (Å²) in [6.07, 6.45) is -4.93. The zero-order chi connectivity index (χ0) is 19.8. The maximum atomic E-state index is 12.8. The van der Waals surface area contributed by atoms with Crippen molar-refractivity contribution in [3.8, 4) is 11.5 Å². The summed E-state index contributed by atoms with van der Waals surface area (Å²) in [5, 5.41) is 0. The highest BCUT2D eigenvalue weighted by atomic mass is 19.4. The van der Waals surface area contributed by atoms with E-state index in [1.54, 1.807) is 6.07 Å². The first-order valence-corrected chi connectivity index (χ1v) is 8.60. The first-order chi connectivity index (χ1) is 12.7. The summed E-state index contributed by atoms with van der Waals surface area (Å²) in [6.45, 7) is 5.56. The predicted molar refractivity (Wildman–Crippen MR) is 97.6 cm³/mol. The molecule has 1 amide bonds. The summed E-state index contributed by atoms with van der Waals surface area (Å²) in [6, 6.07) is 12.2. The molecule has 3 aromatic rings. The Morgan fingerprint density at radius 2 is 1.81 bits per heavy atom. The molecule has 3 rings (SSSR count). The monoisotopic (exact) mass is 376 g/mol. The molecule has 0 aliphatic heterocycles. The van der Waals surface area contributed by atoms with E-state index in [2.05, 4.69) is 18.8 Å². The van der Waals surface area contributed by atoms with Gasteiger partial charge in [-0.2, -0.15) is 13.2 Å². The van der Waals surface area contributed by atoms with Gasteiger partial charge in [0.25, 0.3) is 0 Å². The van der Waals surface area contributed by atoms with Crippen LogP contribution in [0.15, 0.2) is 46.9 Å². The van der Waals surface area contributed by atoms with Crippen LogP contribution in [0.1, 0.15) is 32.3 Å². The minimum absolute atomic E-state index is 0.110. The highest BCUT2D eigenvalue weighted by molar-refractivity contribution is 5.98. The van der Waals surface area contributed by atoms with Crippen molar-refractivity contribution in [2.75, 3.05) is 11.4 Å². The fourth-order valence-corrected chi connectivity index (χ4v) is 2.81. The number of anilines is 1. The van der Waals surface area contributed by atoms with E-state index >= 15 is 0 Å². The Labute approximate surface area is 154 Å². The zero-order valence-electron chi connectivity index (χ0n) is 15.2. The number of rotatable bonds is 4. The number of hydrogen-bond acceptors (Lipinski definition) is 3. The SMILES string of the molecule is CCN(C(=O)C(F)(F)F)c1ccc2nc(-c3ccc(C(C)C)cc3)oc2c1. The number of amides is 1. The quantitative estimate of drug-likeness (QED) is 0.601. The van der Waals surface area contributed by atoms with Crippen molar-refractivity contribution in [3.05, 3.63) is 48.0 Å². The number of halogens is 3. The van der Waals surface area contributed by atoms with Crippen molar-refractivity contribution in [2.45, 2.75) is 32.9 Å². The Kier molecular flexibility index (Phi) is 4.95. The Hall–Kier alpha value is -2.83. The summed E-state index contributed by atoms with van der Waals surface area (Å²) in [5.74, 6) is -1.13. The number of benzene rings is 2. The van der Waals surface area contributed by atoms with Crippen molar-refractivity contribution in [1.29, 1.82) is 0 Å². The third-order valence-corrected chi connectivity index (χ3v) is 4.31. The van der Waals surface area contributed by atoms with E-state index in [4.69, 9.17) is 4.42 Å². The minimum atomic E-state index is -4.93. The summed E-state index contributed by atoms with van der Waals surface area (Å²) < 4.78 is 44.0. The molecular weight excluding hydrogens is 357 g/mol. The van der Waals surface area contributed by atoms with Crippen LogP contribution in [0.2, 0.25) is 0 Å². The second-order valence-electron chi connectivity index (χ2n) is 6.49. The number of aromatic nitrogens is 1. The van der Waals surface area contributed by atoms with Crippen LogP contribution in [0.3, 0.4) is 0 Å². The van der Waals surface area contributed by atoms with E-state index in [0.29, 0.717) is 27.8 Å². The van der Waals surface area contributed by atoms with Gasteiger partial charge in [-0.15, -0.1) is 0 Å². The number of oxazole rings is 1. The summed E-state index contributed by atoms with van der Waals surface area (Å²) in [7, 11) is 0. The van der Waals surface area contributed by atoms with E-state index in [9.17, 15) is 18.0 Å². The second-order valence-corrected chi connectivity index (χ2v) is 6.49. The highest BCUT2D eigenvalue weighted by Gasteiger charge is 2.42. The van der Waals surface area contributed by atoms with Crippen molar-refractivity contribution in [3.63, 3.8) is 0 Å². The molecular formula is C20H19F3N2O2. The Morgan fingerprint density at radius 1 is 1.15 bits per heavy atom. The second kappa shape index (κ2) is 7.06. The first kappa shape index (κ1) is 18.9. The number of nitrogens with zero attached hydrogens (tertiary/aromatic N) is 2. The molecule has 0 aliphatic rings. The molecule has 1 heterocycles. The standard InChI is InChI=1S/C20H19F3N2O2/c1-4-25(19(26)20(21,22)23)15-9-10-16-17(11-15)27-18(24-16)14-7-5-13(6-8-14)12(2)3/h5-12H,4H2,1-3H3. The molecule has 27 heavy (non-hydrogen) atoms. The van der Waals surface area contributed by atoms with Gasteiger partial charge in [-0.25, -0.2) is 4.98 Å². The lowest BCUT2D eigenvalue weighted by molar-refractivity contribution is -0.170. The molecule has 0 radical (unpaired) electrons. The topological polar surface area (TPSA) is 46.3 Å². The first-order valence-electron chi connectivity index (χ1n) is 8.60. The summed E-state index contributed by atoms with van der Waals surface area (Å²) in [4.78, 5) is 16.7. The molecule has 0 saturated heterocycles. The van der Waals surface area contributed by atoms with E-state index in [1.807, 2.05) is 24.3 Å². The van der Waals surface area contributed by atoms with E-state index in [1.165, 1.54) is 24.6 Å². The Bertz CT molecular complexity index is 960. The van der Waals surface area contributed by atoms with Crippen LogP contribution in [-0.4, -0.2) is 23.6 Å². The number of carbonyl (C=O) groups is 1. The minimum Gasteiger partial charge on any atom is -0.436 e. The van der Waals surface area contributed by atoms with Crippen molar-refractivity contribution in [1.82, 2.24) is 4.98 Å². The third-order valence-electron chi connectivity index (χ3n) is 4.31. The van der Waals surface area contributed by atoms with Crippen LogP contribution >= 0.6 is 0 Å². The van der Waals surface area contributed by atoms with Gasteiger partial charge < -0.3 is 9.32 Å². The molecule has 0 unspecified atom stereocenters.